The fourth-order valence-electron chi connectivity index (χ4n) is 3.05. The number of aliphatic imine (C=N–C) groups is 1. The number of halogens is 1. The monoisotopic (exact) mass is 477 g/mol. The molecule has 1 aliphatic heterocycles. The Balaban J connectivity index is 1.78. The summed E-state index contributed by atoms with van der Waals surface area (Å²) in [6.45, 7) is 0.157. The minimum atomic E-state index is -0.642. The molecule has 0 radical (unpaired) electrons. The Morgan fingerprint density at radius 2 is 1.91 bits per heavy atom. The first kappa shape index (κ1) is 24.1. The summed E-state index contributed by atoms with van der Waals surface area (Å²) >= 11 is 7.26. The minimum absolute atomic E-state index is 0.0475. The molecule has 2 aromatic carbocycles. The third-order valence-corrected chi connectivity index (χ3v) is 6.08. The Bertz CT molecular complexity index is 985. The number of nitrogens with one attached hydrogen (secondary N) is 1. The van der Waals surface area contributed by atoms with Gasteiger partial charge in [0.2, 0.25) is 11.8 Å². The van der Waals surface area contributed by atoms with Gasteiger partial charge in [0.15, 0.2) is 11.5 Å². The Kier molecular flexibility index (Phi) is 8.52. The van der Waals surface area contributed by atoms with Gasteiger partial charge in [-0.25, -0.2) is 4.99 Å². The SMILES string of the molecule is COc1ccc(Cl)cc1NC(=O)C[C@H]1SC(=Nc2ccccc2)N(CC(OC)OC)C1=O. The van der Waals surface area contributed by atoms with Crippen molar-refractivity contribution in [3.8, 4) is 5.75 Å². The molecule has 0 spiro atoms. The van der Waals surface area contributed by atoms with Crippen LogP contribution >= 0.6 is 23.4 Å². The second-order valence-corrected chi connectivity index (χ2v) is 8.39. The van der Waals surface area contributed by atoms with Crippen molar-refractivity contribution in [2.75, 3.05) is 33.2 Å². The molecule has 1 atom stereocenters. The lowest BCUT2D eigenvalue weighted by Gasteiger charge is -2.21. The number of amides is 2. The fourth-order valence-corrected chi connectivity index (χ4v) is 4.39. The number of methoxy groups -OCH3 is 3. The van der Waals surface area contributed by atoms with Gasteiger partial charge < -0.3 is 19.5 Å². The van der Waals surface area contributed by atoms with E-state index in [0.29, 0.717) is 27.3 Å². The maximum absolute atomic E-state index is 13.1. The van der Waals surface area contributed by atoms with Gasteiger partial charge in [0.05, 0.1) is 25.0 Å². The Morgan fingerprint density at radius 3 is 2.56 bits per heavy atom. The number of nitrogens with zero attached hydrogens (tertiary/aromatic N) is 2. The van der Waals surface area contributed by atoms with Crippen molar-refractivity contribution in [2.24, 2.45) is 4.99 Å². The Hall–Kier alpha value is -2.59. The number of thioether (sulfide) groups is 1. The predicted molar refractivity (Wildman–Crippen MR) is 126 cm³/mol. The first-order chi connectivity index (χ1) is 15.4. The van der Waals surface area contributed by atoms with Crippen molar-refractivity contribution in [3.05, 3.63) is 53.6 Å². The number of para-hydroxylation sites is 1. The van der Waals surface area contributed by atoms with Gasteiger partial charge in [-0.3, -0.25) is 14.5 Å². The van der Waals surface area contributed by atoms with E-state index in [1.807, 2.05) is 30.3 Å². The maximum Gasteiger partial charge on any atom is 0.242 e. The summed E-state index contributed by atoms with van der Waals surface area (Å²) in [6.07, 6.45) is -0.669. The molecule has 2 aromatic rings. The number of hydrogen-bond acceptors (Lipinski definition) is 7. The zero-order valence-electron chi connectivity index (χ0n) is 17.9. The van der Waals surface area contributed by atoms with Crippen molar-refractivity contribution in [2.45, 2.75) is 18.0 Å². The van der Waals surface area contributed by atoms with E-state index in [2.05, 4.69) is 10.3 Å². The summed E-state index contributed by atoms with van der Waals surface area (Å²) in [7, 11) is 4.50. The summed E-state index contributed by atoms with van der Waals surface area (Å²) in [4.78, 5) is 31.9. The second-order valence-electron chi connectivity index (χ2n) is 6.78. The number of benzene rings is 2. The molecule has 10 heteroatoms. The average molecular weight is 478 g/mol. The van der Waals surface area contributed by atoms with Crippen molar-refractivity contribution >= 4 is 51.7 Å². The molecule has 1 fully saturated rings. The molecule has 2 amide bonds. The largest absolute Gasteiger partial charge is 0.495 e. The molecule has 8 nitrogen and oxygen atoms in total. The molecule has 3 rings (SSSR count). The Morgan fingerprint density at radius 1 is 1.19 bits per heavy atom. The van der Waals surface area contributed by atoms with Crippen LogP contribution in [0.3, 0.4) is 0 Å². The molecule has 0 saturated carbocycles. The molecule has 0 aromatic heterocycles. The van der Waals surface area contributed by atoms with Gasteiger partial charge in [0, 0.05) is 25.7 Å². The van der Waals surface area contributed by atoms with Gasteiger partial charge in [-0.05, 0) is 30.3 Å². The first-order valence-corrected chi connectivity index (χ1v) is 11.0. The molecular weight excluding hydrogens is 454 g/mol. The van der Waals surface area contributed by atoms with Crippen LogP contribution in [0.15, 0.2) is 53.5 Å². The molecular formula is C22H24ClN3O5S. The molecule has 1 N–H and O–H groups in total. The summed E-state index contributed by atoms with van der Waals surface area (Å²) in [5.41, 5.74) is 1.14. The topological polar surface area (TPSA) is 89.5 Å². The van der Waals surface area contributed by atoms with Crippen LogP contribution in [0.1, 0.15) is 6.42 Å². The lowest BCUT2D eigenvalue weighted by molar-refractivity contribution is -0.138. The van der Waals surface area contributed by atoms with Crippen molar-refractivity contribution in [1.82, 2.24) is 4.90 Å². The van der Waals surface area contributed by atoms with E-state index >= 15 is 0 Å². The van der Waals surface area contributed by atoms with Gasteiger partial charge in [-0.15, -0.1) is 0 Å². The quantitative estimate of drug-likeness (QED) is 0.550. The molecule has 170 valence electrons. The van der Waals surface area contributed by atoms with Gasteiger partial charge in [-0.2, -0.15) is 0 Å². The zero-order chi connectivity index (χ0) is 23.1. The molecule has 32 heavy (non-hydrogen) atoms. The third-order valence-electron chi connectivity index (χ3n) is 4.66. The van der Waals surface area contributed by atoms with E-state index in [-0.39, 0.29) is 24.8 Å². The summed E-state index contributed by atoms with van der Waals surface area (Å²) < 4.78 is 15.8. The van der Waals surface area contributed by atoms with Gasteiger partial charge in [0.25, 0.3) is 0 Å². The number of carbonyl (C=O) groups is 2. The molecule has 1 heterocycles. The van der Waals surface area contributed by atoms with Crippen LogP contribution in [0.25, 0.3) is 0 Å². The standard InChI is InChI=1S/C22H24ClN3O5S/c1-29-17-10-9-14(23)11-16(17)25-19(27)12-18-21(28)26(13-20(30-2)31-3)22(32-18)24-15-7-5-4-6-8-15/h4-11,18,20H,12-13H2,1-3H3,(H,25,27)/t18-/m1/s1. The lowest BCUT2D eigenvalue weighted by Crippen LogP contribution is -2.40. The maximum atomic E-state index is 13.1. The summed E-state index contributed by atoms with van der Waals surface area (Å²) in [5, 5.41) is 3.07. The highest BCUT2D eigenvalue weighted by molar-refractivity contribution is 8.15. The van der Waals surface area contributed by atoms with Crippen LogP contribution in [-0.4, -0.2) is 61.3 Å². The summed E-state index contributed by atoms with van der Waals surface area (Å²) in [5.74, 6) is -0.103. The van der Waals surface area contributed by atoms with E-state index in [9.17, 15) is 9.59 Å². The van der Waals surface area contributed by atoms with Crippen molar-refractivity contribution < 1.29 is 23.8 Å². The van der Waals surface area contributed by atoms with Gasteiger partial charge in [-0.1, -0.05) is 41.6 Å². The number of ether oxygens (including phenoxy) is 3. The molecule has 1 aliphatic rings. The van der Waals surface area contributed by atoms with E-state index in [0.717, 1.165) is 0 Å². The molecule has 1 saturated heterocycles. The van der Waals surface area contributed by atoms with Gasteiger partial charge in [0.1, 0.15) is 11.0 Å². The first-order valence-electron chi connectivity index (χ1n) is 9.76. The second kappa shape index (κ2) is 11.3. The number of amidine groups is 1. The highest BCUT2D eigenvalue weighted by atomic mass is 35.5. The van der Waals surface area contributed by atoms with Crippen molar-refractivity contribution in [1.29, 1.82) is 0 Å². The van der Waals surface area contributed by atoms with Crippen LogP contribution < -0.4 is 10.1 Å². The van der Waals surface area contributed by atoms with Crippen LogP contribution in [-0.2, 0) is 19.1 Å². The van der Waals surface area contributed by atoms with Gasteiger partial charge >= 0.3 is 0 Å². The molecule has 0 unspecified atom stereocenters. The zero-order valence-corrected chi connectivity index (χ0v) is 19.5. The smallest absolute Gasteiger partial charge is 0.242 e. The Labute approximate surface area is 195 Å². The number of rotatable bonds is 9. The number of anilines is 1. The van der Waals surface area contributed by atoms with Crippen molar-refractivity contribution in [3.63, 3.8) is 0 Å². The van der Waals surface area contributed by atoms with E-state index in [4.69, 9.17) is 25.8 Å². The van der Waals surface area contributed by atoms with E-state index < -0.39 is 11.5 Å². The highest BCUT2D eigenvalue weighted by Crippen LogP contribution is 2.33. The summed E-state index contributed by atoms with van der Waals surface area (Å²) in [6, 6.07) is 14.2. The van der Waals surface area contributed by atoms with E-state index in [1.165, 1.54) is 38.0 Å². The predicted octanol–water partition coefficient (Wildman–Crippen LogP) is 3.93. The molecule has 0 bridgehead atoms. The molecule has 0 aliphatic carbocycles. The van der Waals surface area contributed by atoms with Crippen LogP contribution in [0.5, 0.6) is 5.75 Å². The average Bonchev–Trinajstić information content (AvgIpc) is 3.06. The van der Waals surface area contributed by atoms with Crippen LogP contribution in [0.2, 0.25) is 5.02 Å². The number of hydrogen-bond donors (Lipinski definition) is 1. The highest BCUT2D eigenvalue weighted by Gasteiger charge is 2.40. The van der Waals surface area contributed by atoms with Crippen LogP contribution in [0.4, 0.5) is 11.4 Å². The normalized spacial score (nSPS) is 17.3. The van der Waals surface area contributed by atoms with Crippen LogP contribution in [0, 0.1) is 0 Å². The fraction of sp³-hybridized carbons (Fsp3) is 0.318. The number of carbonyl (C=O) groups excluding carboxylic acids is 2. The lowest BCUT2D eigenvalue weighted by atomic mass is 10.2. The third kappa shape index (κ3) is 6.01. The minimum Gasteiger partial charge on any atom is -0.495 e. The van der Waals surface area contributed by atoms with E-state index in [1.54, 1.807) is 18.2 Å².